The van der Waals surface area contributed by atoms with E-state index in [4.69, 9.17) is 4.55 Å². The van der Waals surface area contributed by atoms with E-state index < -0.39 is 33.4 Å². The highest BCUT2D eigenvalue weighted by Gasteiger charge is 2.85. The minimum Gasteiger partial charge on any atom is -0.299 e. The zero-order valence-electron chi connectivity index (χ0n) is 16.6. The number of alkyl halides is 9. The molecule has 0 aromatic heterocycles. The van der Waals surface area contributed by atoms with Crippen LogP contribution in [-0.2, 0) is 14.9 Å². The Morgan fingerprint density at radius 1 is 0.935 bits per heavy atom. The minimum atomic E-state index is -7.37. The van der Waals surface area contributed by atoms with E-state index in [0.29, 0.717) is 18.1 Å². The van der Waals surface area contributed by atoms with Gasteiger partial charge < -0.3 is 0 Å². The van der Waals surface area contributed by atoms with Gasteiger partial charge in [0, 0.05) is 17.6 Å². The number of carbonyl (C=O) groups excluding carboxylic acids is 1. The molecule has 1 N–H and O–H groups in total. The lowest BCUT2D eigenvalue weighted by Gasteiger charge is -2.31. The number of halogens is 9. The molecule has 0 aromatic rings. The minimum absolute atomic E-state index is 0.136. The smallest absolute Gasteiger partial charge is 0.299 e. The Morgan fingerprint density at radius 3 is 1.61 bits per heavy atom. The lowest BCUT2D eigenvalue weighted by atomic mass is 9.86. The summed E-state index contributed by atoms with van der Waals surface area (Å²) < 4.78 is 134. The average molecular weight is 514 g/mol. The zero-order chi connectivity index (χ0) is 25.3. The summed E-state index contributed by atoms with van der Waals surface area (Å²) in [6.45, 7) is 6.44. The normalized spacial score (nSPS) is 18.4. The summed E-state index contributed by atoms with van der Waals surface area (Å²) in [7, 11) is -7.17. The van der Waals surface area contributed by atoms with Gasteiger partial charge >= 0.3 is 33.4 Å². The van der Waals surface area contributed by atoms with Gasteiger partial charge in [-0.05, 0) is 18.3 Å². The molecule has 0 aromatic carbocycles. The molecule has 1 rings (SSSR count). The molecule has 1 fully saturated rings. The maximum Gasteiger partial charge on any atom is 0.460 e. The highest BCUT2D eigenvalue weighted by molar-refractivity contribution is 7.87. The van der Waals surface area contributed by atoms with Crippen molar-refractivity contribution in [3.63, 3.8) is 0 Å². The molecular weight excluding hydrogens is 491 g/mol. The lowest BCUT2D eigenvalue weighted by molar-refractivity contribution is -0.382. The van der Waals surface area contributed by atoms with Gasteiger partial charge in [0.2, 0.25) is 0 Å². The number of Topliss-reactive ketones (excluding diaryl/α,β-unsaturated/α-hetero) is 1. The molecule has 0 radical (unpaired) electrons. The first-order chi connectivity index (χ1) is 13.4. The molecule has 1 saturated carbocycles. The van der Waals surface area contributed by atoms with Crippen LogP contribution in [-0.4, -0.2) is 47.3 Å². The molecule has 1 unspecified atom stereocenters. The van der Waals surface area contributed by atoms with Crippen LogP contribution in [0.2, 0.25) is 0 Å². The van der Waals surface area contributed by atoms with Crippen LogP contribution in [0.5, 0.6) is 0 Å². The van der Waals surface area contributed by atoms with Crippen LogP contribution in [0, 0.1) is 11.3 Å². The van der Waals surface area contributed by atoms with Gasteiger partial charge in [-0.15, -0.1) is 0 Å². The highest BCUT2D eigenvalue weighted by Crippen LogP contribution is 2.54. The third kappa shape index (κ3) is 6.89. The second-order valence-electron chi connectivity index (χ2n) is 8.17. The van der Waals surface area contributed by atoms with Crippen LogP contribution < -0.4 is 0 Å². The molecule has 0 bridgehead atoms. The molecule has 0 spiro atoms. The molecule has 31 heavy (non-hydrogen) atoms. The maximum absolute atomic E-state index is 12.2. The first-order valence-corrected chi connectivity index (χ1v) is 10.7. The van der Waals surface area contributed by atoms with Crippen LogP contribution in [0.1, 0.15) is 52.9 Å². The van der Waals surface area contributed by atoms with Crippen molar-refractivity contribution in [3.05, 3.63) is 0 Å². The van der Waals surface area contributed by atoms with E-state index in [1.54, 1.807) is 0 Å². The van der Waals surface area contributed by atoms with Crippen LogP contribution >= 0.6 is 12.6 Å². The predicted molar refractivity (Wildman–Crippen MR) is 96.3 cm³/mol. The molecule has 1 atom stereocenters. The van der Waals surface area contributed by atoms with E-state index in [-0.39, 0.29) is 10.7 Å². The zero-order valence-corrected chi connectivity index (χ0v) is 18.3. The van der Waals surface area contributed by atoms with Crippen molar-refractivity contribution < 1.29 is 57.3 Å². The standard InChI is InChI=1S/C12H22OS.C4HF9O3S/c1-12(2,3)11(14)8-10(13)9-6-4-5-7-9;5-1(6,3(9,10)11)2(7,8)4(12,13)17(14,15)16/h9,11,14H,4-8H2,1-3H3;(H,14,15,16). The van der Waals surface area contributed by atoms with E-state index in [1.165, 1.54) is 12.8 Å². The van der Waals surface area contributed by atoms with Gasteiger partial charge in [0.15, 0.2) is 0 Å². The van der Waals surface area contributed by atoms with Gasteiger partial charge in [-0.25, -0.2) is 0 Å². The van der Waals surface area contributed by atoms with Crippen molar-refractivity contribution in [1.29, 1.82) is 0 Å². The number of hydrogen-bond acceptors (Lipinski definition) is 4. The molecule has 0 heterocycles. The van der Waals surface area contributed by atoms with E-state index in [9.17, 15) is 52.7 Å². The monoisotopic (exact) mass is 514 g/mol. The van der Waals surface area contributed by atoms with E-state index in [1.807, 2.05) is 0 Å². The van der Waals surface area contributed by atoms with Crippen molar-refractivity contribution in [3.8, 4) is 0 Å². The summed E-state index contributed by atoms with van der Waals surface area (Å²) in [5.41, 5.74) is 0.136. The third-order valence-electron chi connectivity index (χ3n) is 4.64. The van der Waals surface area contributed by atoms with Crippen molar-refractivity contribution in [2.24, 2.45) is 11.3 Å². The summed E-state index contributed by atoms with van der Waals surface area (Å²) in [6.07, 6.45) is -1.78. The Hall–Kier alpha value is -0.700. The van der Waals surface area contributed by atoms with E-state index in [0.717, 1.165) is 12.8 Å². The Bertz CT molecular complexity index is 722. The average Bonchev–Trinajstić information content (AvgIpc) is 3.06. The van der Waals surface area contributed by atoms with Crippen molar-refractivity contribution in [2.45, 2.75) is 81.4 Å². The lowest BCUT2D eigenvalue weighted by Crippen LogP contribution is -2.63. The number of carbonyl (C=O) groups is 1. The van der Waals surface area contributed by atoms with Crippen molar-refractivity contribution >= 4 is 28.5 Å². The Morgan fingerprint density at radius 2 is 1.32 bits per heavy atom. The Kier molecular flexibility index (Phi) is 9.44. The number of ketones is 1. The van der Waals surface area contributed by atoms with Gasteiger partial charge in [-0.3, -0.25) is 9.35 Å². The molecule has 0 aliphatic heterocycles. The molecule has 0 amide bonds. The van der Waals surface area contributed by atoms with Crippen LogP contribution in [0.4, 0.5) is 39.5 Å². The van der Waals surface area contributed by atoms with Gasteiger partial charge in [0.25, 0.3) is 0 Å². The van der Waals surface area contributed by atoms with Crippen LogP contribution in [0.15, 0.2) is 0 Å². The number of thiol groups is 1. The van der Waals surface area contributed by atoms with Crippen LogP contribution in [0.25, 0.3) is 0 Å². The van der Waals surface area contributed by atoms with Gasteiger partial charge in [0.1, 0.15) is 5.78 Å². The highest BCUT2D eigenvalue weighted by atomic mass is 32.2. The molecule has 15 heteroatoms. The molecule has 0 saturated heterocycles. The Labute approximate surface area is 179 Å². The van der Waals surface area contributed by atoms with Crippen LogP contribution in [0.3, 0.4) is 0 Å². The number of rotatable bonds is 6. The quantitative estimate of drug-likeness (QED) is 0.268. The number of hydrogen-bond donors (Lipinski definition) is 2. The fraction of sp³-hybridized carbons (Fsp3) is 0.938. The third-order valence-corrected chi connectivity index (χ3v) is 6.51. The molecule has 1 aliphatic rings. The second kappa shape index (κ2) is 9.65. The van der Waals surface area contributed by atoms with Gasteiger partial charge in [-0.1, -0.05) is 33.6 Å². The molecular formula is C16H23F9O4S2. The Balaban J connectivity index is 0.000000590. The van der Waals surface area contributed by atoms with E-state index in [2.05, 4.69) is 33.4 Å². The van der Waals surface area contributed by atoms with Crippen molar-refractivity contribution in [2.75, 3.05) is 0 Å². The van der Waals surface area contributed by atoms with E-state index >= 15 is 0 Å². The first-order valence-electron chi connectivity index (χ1n) is 8.79. The largest absolute Gasteiger partial charge is 0.460 e. The van der Waals surface area contributed by atoms with Gasteiger partial charge in [-0.2, -0.15) is 60.6 Å². The van der Waals surface area contributed by atoms with Gasteiger partial charge in [0.05, 0.1) is 0 Å². The molecule has 1 aliphatic carbocycles. The summed E-state index contributed by atoms with van der Waals surface area (Å²) in [6, 6.07) is 0. The summed E-state index contributed by atoms with van der Waals surface area (Å²) in [5, 5.41) is -6.80. The topological polar surface area (TPSA) is 71.4 Å². The second-order valence-corrected chi connectivity index (χ2v) is 10.3. The predicted octanol–water partition coefficient (Wildman–Crippen LogP) is 5.78. The SMILES string of the molecule is CC(C)(C)C(S)CC(=O)C1CCCC1.O=S(=O)(O)C(F)(F)C(F)(F)C(F)(F)C(F)(F)F. The summed E-state index contributed by atoms with van der Waals surface area (Å²) in [4.78, 5) is 11.9. The summed E-state index contributed by atoms with van der Waals surface area (Å²) >= 11 is 4.52. The summed E-state index contributed by atoms with van der Waals surface area (Å²) in [5.74, 6) is -13.9. The molecule has 186 valence electrons. The maximum atomic E-state index is 12.2. The fourth-order valence-electron chi connectivity index (χ4n) is 2.43. The van der Waals surface area contributed by atoms with Crippen molar-refractivity contribution in [1.82, 2.24) is 0 Å². The first kappa shape index (κ1) is 30.3. The molecule has 4 nitrogen and oxygen atoms in total. The fourth-order valence-corrected chi connectivity index (χ4v) is 3.07.